The smallest absolute Gasteiger partial charge is 0.210 e. The molecule has 1 unspecified atom stereocenters. The molecule has 1 N–H and O–H groups in total. The van der Waals surface area contributed by atoms with Gasteiger partial charge in [0.05, 0.1) is 17.9 Å². The SMILES string of the molecule is CCC/C(=C\N=C(/C)C1C=CCN1C=O)c1cccc2c(-c3ccc(C4=CN(C)ON4)cc3)cccc12. The van der Waals surface area contributed by atoms with E-state index in [1.165, 1.54) is 27.5 Å². The van der Waals surface area contributed by atoms with Gasteiger partial charge in [-0.15, -0.1) is 0 Å². The van der Waals surface area contributed by atoms with Crippen molar-refractivity contribution in [2.75, 3.05) is 13.6 Å². The van der Waals surface area contributed by atoms with Crippen LogP contribution in [0.5, 0.6) is 0 Å². The molecule has 0 aromatic heterocycles. The van der Waals surface area contributed by atoms with E-state index in [1.54, 1.807) is 9.96 Å². The second-order valence-electron chi connectivity index (χ2n) is 9.42. The highest BCUT2D eigenvalue weighted by Gasteiger charge is 2.20. The first-order valence-corrected chi connectivity index (χ1v) is 12.7. The van der Waals surface area contributed by atoms with E-state index in [-0.39, 0.29) is 6.04 Å². The molecule has 0 spiro atoms. The van der Waals surface area contributed by atoms with Crippen LogP contribution in [-0.2, 0) is 9.73 Å². The zero-order valence-electron chi connectivity index (χ0n) is 21.5. The summed E-state index contributed by atoms with van der Waals surface area (Å²) in [6.45, 7) is 4.81. The molecular formula is C31H32N4O2. The van der Waals surface area contributed by atoms with Crippen LogP contribution in [-0.4, -0.2) is 41.7 Å². The summed E-state index contributed by atoms with van der Waals surface area (Å²) in [4.78, 5) is 23.2. The van der Waals surface area contributed by atoms with Gasteiger partial charge in [0.15, 0.2) is 0 Å². The molecule has 0 fully saturated rings. The number of hydrogen-bond acceptors (Lipinski definition) is 5. The number of carbonyl (C=O) groups excluding carboxylic acids is 1. The predicted molar refractivity (Wildman–Crippen MR) is 151 cm³/mol. The van der Waals surface area contributed by atoms with Crippen molar-refractivity contribution in [1.82, 2.24) is 15.4 Å². The third kappa shape index (κ3) is 5.06. The second-order valence-corrected chi connectivity index (χ2v) is 9.42. The molecule has 3 aromatic rings. The number of amides is 1. The summed E-state index contributed by atoms with van der Waals surface area (Å²) in [6, 6.07) is 21.5. The van der Waals surface area contributed by atoms with Crippen molar-refractivity contribution in [3.05, 3.63) is 96.3 Å². The van der Waals surface area contributed by atoms with Crippen LogP contribution in [0.25, 0.3) is 33.2 Å². The maximum Gasteiger partial charge on any atom is 0.210 e. The zero-order chi connectivity index (χ0) is 25.8. The molecule has 0 bridgehead atoms. The Morgan fingerprint density at radius 1 is 1.08 bits per heavy atom. The quantitative estimate of drug-likeness (QED) is 0.232. The molecule has 2 heterocycles. The minimum Gasteiger partial charge on any atom is -0.330 e. The van der Waals surface area contributed by atoms with Gasteiger partial charge in [0, 0.05) is 31.1 Å². The Balaban J connectivity index is 1.51. The molecule has 2 aliphatic rings. The van der Waals surface area contributed by atoms with Gasteiger partial charge in [-0.2, -0.15) is 4.94 Å². The fourth-order valence-corrected chi connectivity index (χ4v) is 4.98. The Bertz CT molecular complexity index is 1420. The summed E-state index contributed by atoms with van der Waals surface area (Å²) in [5.41, 5.74) is 10.6. The molecule has 188 valence electrons. The van der Waals surface area contributed by atoms with Crippen molar-refractivity contribution in [3.8, 4) is 11.1 Å². The lowest BCUT2D eigenvalue weighted by atomic mass is 9.91. The summed E-state index contributed by atoms with van der Waals surface area (Å²) in [7, 11) is 1.85. The summed E-state index contributed by atoms with van der Waals surface area (Å²) < 4.78 is 0. The average molecular weight is 493 g/mol. The molecule has 5 rings (SSSR count). The maximum atomic E-state index is 11.4. The lowest BCUT2D eigenvalue weighted by Gasteiger charge is -2.19. The first-order chi connectivity index (χ1) is 18.1. The van der Waals surface area contributed by atoms with Crippen LogP contribution in [0, 0.1) is 0 Å². The van der Waals surface area contributed by atoms with E-state index in [0.717, 1.165) is 41.8 Å². The number of nitrogens with one attached hydrogen (secondary N) is 1. The van der Waals surface area contributed by atoms with Gasteiger partial charge in [-0.3, -0.25) is 9.79 Å². The van der Waals surface area contributed by atoms with Crippen LogP contribution < -0.4 is 5.48 Å². The Kier molecular flexibility index (Phi) is 7.19. The van der Waals surface area contributed by atoms with E-state index >= 15 is 0 Å². The summed E-state index contributed by atoms with van der Waals surface area (Å²) in [5.74, 6) is 0. The van der Waals surface area contributed by atoms with Crippen molar-refractivity contribution in [1.29, 1.82) is 0 Å². The Morgan fingerprint density at radius 3 is 2.57 bits per heavy atom. The molecule has 1 amide bonds. The standard InChI is InChI=1S/C31H32N4O2/c1-4-8-25(19-32-22(2)31-13-7-18-35(31)21-36)27-10-6-11-28-26(9-5-12-29(27)28)23-14-16-24(17-15-23)30-20-34(3)37-33-30/h5-7,9-17,19-21,31,33H,4,8,18H2,1-3H3/b25-19+,32-22+. The van der Waals surface area contributed by atoms with E-state index in [4.69, 9.17) is 9.93 Å². The number of hydroxylamine groups is 3. The molecule has 0 saturated heterocycles. The molecule has 1 atom stereocenters. The highest BCUT2D eigenvalue weighted by atomic mass is 16.8. The van der Waals surface area contributed by atoms with Crippen molar-refractivity contribution >= 4 is 34.2 Å². The molecule has 0 aliphatic carbocycles. The normalized spacial score (nSPS) is 17.9. The lowest BCUT2D eigenvalue weighted by Crippen LogP contribution is -2.33. The minimum absolute atomic E-state index is 0.0686. The number of allylic oxidation sites excluding steroid dienone is 1. The van der Waals surface area contributed by atoms with E-state index in [0.29, 0.717) is 6.54 Å². The van der Waals surface area contributed by atoms with Crippen LogP contribution >= 0.6 is 0 Å². The highest BCUT2D eigenvalue weighted by Crippen LogP contribution is 2.35. The van der Waals surface area contributed by atoms with Crippen molar-refractivity contribution in [2.24, 2.45) is 4.99 Å². The van der Waals surface area contributed by atoms with E-state index in [9.17, 15) is 4.79 Å². The first kappa shape index (κ1) is 24.5. The highest BCUT2D eigenvalue weighted by molar-refractivity contribution is 6.02. The molecule has 6 heteroatoms. The van der Waals surface area contributed by atoms with E-state index < -0.39 is 0 Å². The summed E-state index contributed by atoms with van der Waals surface area (Å²) >= 11 is 0. The third-order valence-electron chi connectivity index (χ3n) is 6.88. The van der Waals surface area contributed by atoms with Gasteiger partial charge in [-0.1, -0.05) is 86.2 Å². The molecule has 3 aromatic carbocycles. The summed E-state index contributed by atoms with van der Waals surface area (Å²) in [6.07, 6.45) is 10.8. The third-order valence-corrected chi connectivity index (χ3v) is 6.88. The number of rotatable bonds is 8. The van der Waals surface area contributed by atoms with Crippen LogP contribution in [0.15, 0.2) is 90.2 Å². The van der Waals surface area contributed by atoms with Crippen LogP contribution in [0.3, 0.4) is 0 Å². The summed E-state index contributed by atoms with van der Waals surface area (Å²) in [5, 5.41) is 4.07. The predicted octanol–water partition coefficient (Wildman–Crippen LogP) is 6.19. The van der Waals surface area contributed by atoms with Gasteiger partial charge in [-0.25, -0.2) is 10.5 Å². The van der Waals surface area contributed by atoms with Gasteiger partial charge < -0.3 is 4.90 Å². The Hall–Kier alpha value is -4.16. The topological polar surface area (TPSA) is 57.2 Å². The fourth-order valence-electron chi connectivity index (χ4n) is 4.98. The van der Waals surface area contributed by atoms with Gasteiger partial charge in [0.1, 0.15) is 0 Å². The van der Waals surface area contributed by atoms with Crippen LogP contribution in [0.4, 0.5) is 0 Å². The molecule has 0 radical (unpaired) electrons. The lowest BCUT2D eigenvalue weighted by molar-refractivity contribution is -0.121. The molecule has 2 aliphatic heterocycles. The van der Waals surface area contributed by atoms with Crippen molar-refractivity contribution < 1.29 is 9.73 Å². The molecule has 6 nitrogen and oxygen atoms in total. The average Bonchev–Trinajstić information content (AvgIpc) is 3.59. The van der Waals surface area contributed by atoms with Gasteiger partial charge in [0.2, 0.25) is 6.41 Å². The number of benzene rings is 3. The Labute approximate surface area is 218 Å². The van der Waals surface area contributed by atoms with Gasteiger partial charge >= 0.3 is 0 Å². The number of hydrogen-bond donors (Lipinski definition) is 1. The van der Waals surface area contributed by atoms with Crippen molar-refractivity contribution in [3.63, 3.8) is 0 Å². The zero-order valence-corrected chi connectivity index (χ0v) is 21.5. The van der Waals surface area contributed by atoms with Crippen LogP contribution in [0.1, 0.15) is 37.8 Å². The number of fused-ring (bicyclic) bond motifs is 1. The maximum absolute atomic E-state index is 11.4. The first-order valence-electron chi connectivity index (χ1n) is 12.7. The van der Waals surface area contributed by atoms with Crippen molar-refractivity contribution in [2.45, 2.75) is 32.7 Å². The number of nitrogens with zero attached hydrogens (tertiary/aromatic N) is 3. The monoisotopic (exact) mass is 492 g/mol. The largest absolute Gasteiger partial charge is 0.330 e. The van der Waals surface area contributed by atoms with Gasteiger partial charge in [0.25, 0.3) is 0 Å². The molecule has 37 heavy (non-hydrogen) atoms. The molecule has 0 saturated carbocycles. The number of aliphatic imine (C=N–C) groups is 1. The second kappa shape index (κ2) is 10.8. The van der Waals surface area contributed by atoms with E-state index in [2.05, 4.69) is 73.1 Å². The minimum atomic E-state index is -0.0686. The van der Waals surface area contributed by atoms with Gasteiger partial charge in [-0.05, 0) is 46.4 Å². The number of carbonyl (C=O) groups is 1. The molecular weight excluding hydrogens is 460 g/mol. The van der Waals surface area contributed by atoms with Crippen LogP contribution in [0.2, 0.25) is 0 Å². The van der Waals surface area contributed by atoms with E-state index in [1.807, 2.05) is 38.5 Å². The Morgan fingerprint density at radius 2 is 1.84 bits per heavy atom. The fraction of sp³-hybridized carbons (Fsp3) is 0.226.